The molecule has 3 rings (SSSR count). The van der Waals surface area contributed by atoms with Gasteiger partial charge in [-0.1, -0.05) is 24.3 Å². The van der Waals surface area contributed by atoms with Crippen molar-refractivity contribution >= 4 is 46.9 Å². The third kappa shape index (κ3) is 6.43. The summed E-state index contributed by atoms with van der Waals surface area (Å²) in [6, 6.07) is 15.8. The fraction of sp³-hybridized carbons (Fsp3) is 0.348. The number of nitrogens with one attached hydrogen (secondary N) is 2. The zero-order chi connectivity index (χ0) is 21.5. The lowest BCUT2D eigenvalue weighted by Gasteiger charge is -2.13. The number of hydrogen-bond acceptors (Lipinski definition) is 3. The highest BCUT2D eigenvalue weighted by atomic mass is 127. The number of halogens is 1. The average Bonchev–Trinajstić information content (AvgIpc) is 3.07. The van der Waals surface area contributed by atoms with Crippen LogP contribution < -0.4 is 10.6 Å². The van der Waals surface area contributed by atoms with Crippen LogP contribution in [0.4, 0.5) is 0 Å². The predicted molar refractivity (Wildman–Crippen MR) is 137 cm³/mol. The van der Waals surface area contributed by atoms with E-state index in [0.29, 0.717) is 12.1 Å². The van der Waals surface area contributed by atoms with Gasteiger partial charge in [0.15, 0.2) is 5.96 Å². The molecule has 0 radical (unpaired) electrons. The van der Waals surface area contributed by atoms with Gasteiger partial charge in [0.2, 0.25) is 0 Å². The molecule has 8 heteroatoms. The van der Waals surface area contributed by atoms with Crippen molar-refractivity contribution in [2.75, 3.05) is 27.2 Å². The number of rotatable bonds is 7. The quantitative estimate of drug-likeness (QED) is 0.277. The number of nitrogens with zero attached hydrogens (tertiary/aromatic N) is 4. The number of hydrogen-bond donors (Lipinski definition) is 2. The van der Waals surface area contributed by atoms with Gasteiger partial charge in [0.05, 0.1) is 17.6 Å². The van der Waals surface area contributed by atoms with E-state index in [2.05, 4.69) is 31.2 Å². The molecule has 0 unspecified atom stereocenters. The van der Waals surface area contributed by atoms with Crippen LogP contribution in [0.3, 0.4) is 0 Å². The fourth-order valence-electron chi connectivity index (χ4n) is 3.29. The Balaban J connectivity index is 0.00000341. The van der Waals surface area contributed by atoms with Gasteiger partial charge in [0.1, 0.15) is 5.82 Å². The third-order valence-electron chi connectivity index (χ3n) is 4.84. The topological polar surface area (TPSA) is 74.6 Å². The Morgan fingerprint density at radius 2 is 1.81 bits per heavy atom. The third-order valence-corrected chi connectivity index (χ3v) is 4.84. The van der Waals surface area contributed by atoms with Crippen molar-refractivity contribution in [1.29, 1.82) is 0 Å². The molecule has 2 aromatic carbocycles. The van der Waals surface area contributed by atoms with Crippen molar-refractivity contribution in [3.63, 3.8) is 0 Å². The number of para-hydroxylation sites is 2. The van der Waals surface area contributed by atoms with Gasteiger partial charge in [0.25, 0.3) is 5.91 Å². The number of guanidine groups is 1. The maximum atomic E-state index is 12.0. The van der Waals surface area contributed by atoms with Gasteiger partial charge in [-0.25, -0.2) is 9.98 Å². The lowest BCUT2D eigenvalue weighted by Crippen LogP contribution is -2.38. The summed E-state index contributed by atoms with van der Waals surface area (Å²) in [6.45, 7) is 6.95. The monoisotopic (exact) mass is 534 g/mol. The SMILES string of the molecule is CCNC(=NCc1ccc(C(=O)N(C)C)cc1)NCCn1c(C)nc2ccccc21.I. The molecule has 2 N–H and O–H groups in total. The maximum absolute atomic E-state index is 12.0. The van der Waals surface area contributed by atoms with E-state index >= 15 is 0 Å². The Morgan fingerprint density at radius 1 is 1.10 bits per heavy atom. The standard InChI is InChI=1S/C23H30N6O.HI/c1-5-24-23(26-16-18-10-12-19(13-11-18)22(30)28(3)4)25-14-15-29-17(2)27-20-8-6-7-9-21(20)29;/h6-13H,5,14-16H2,1-4H3,(H2,24,25,26);1H. The summed E-state index contributed by atoms with van der Waals surface area (Å²) < 4.78 is 2.21. The number of imidazole rings is 1. The summed E-state index contributed by atoms with van der Waals surface area (Å²) >= 11 is 0. The number of carbonyl (C=O) groups excluding carboxylic acids is 1. The van der Waals surface area contributed by atoms with Crippen LogP contribution >= 0.6 is 24.0 Å². The minimum absolute atomic E-state index is 0. The molecule has 0 saturated heterocycles. The zero-order valence-corrected chi connectivity index (χ0v) is 20.9. The molecule has 166 valence electrons. The first-order valence-electron chi connectivity index (χ1n) is 10.2. The number of benzene rings is 2. The van der Waals surface area contributed by atoms with E-state index in [1.165, 1.54) is 0 Å². The van der Waals surface area contributed by atoms with E-state index in [1.807, 2.05) is 56.3 Å². The van der Waals surface area contributed by atoms with Crippen LogP contribution in [-0.4, -0.2) is 53.5 Å². The van der Waals surface area contributed by atoms with Gasteiger partial charge in [-0.05, 0) is 43.7 Å². The van der Waals surface area contributed by atoms with E-state index in [9.17, 15) is 4.79 Å². The average molecular weight is 534 g/mol. The predicted octanol–water partition coefficient (Wildman–Crippen LogP) is 3.42. The Bertz CT molecular complexity index is 1030. The molecule has 0 fully saturated rings. The minimum Gasteiger partial charge on any atom is -0.357 e. The molecule has 3 aromatic rings. The first kappa shape index (κ1) is 24.6. The highest BCUT2D eigenvalue weighted by molar-refractivity contribution is 14.0. The number of aromatic nitrogens is 2. The first-order chi connectivity index (χ1) is 14.5. The molecule has 0 spiro atoms. The first-order valence-corrected chi connectivity index (χ1v) is 10.2. The molecule has 0 bridgehead atoms. The Kier molecular flexibility index (Phi) is 9.29. The summed E-state index contributed by atoms with van der Waals surface area (Å²) in [5.74, 6) is 1.78. The molecule has 0 saturated carbocycles. The highest BCUT2D eigenvalue weighted by Crippen LogP contribution is 2.14. The van der Waals surface area contributed by atoms with E-state index in [0.717, 1.165) is 48.0 Å². The van der Waals surface area contributed by atoms with Crippen molar-refractivity contribution in [3.05, 3.63) is 65.5 Å². The molecule has 0 atom stereocenters. The van der Waals surface area contributed by atoms with Crippen LogP contribution in [-0.2, 0) is 13.1 Å². The van der Waals surface area contributed by atoms with Crippen LogP contribution in [0.15, 0.2) is 53.5 Å². The largest absolute Gasteiger partial charge is 0.357 e. The van der Waals surface area contributed by atoms with Crippen LogP contribution in [0.5, 0.6) is 0 Å². The summed E-state index contributed by atoms with van der Waals surface area (Å²) in [5.41, 5.74) is 3.90. The van der Waals surface area contributed by atoms with E-state index < -0.39 is 0 Å². The Morgan fingerprint density at radius 3 is 2.48 bits per heavy atom. The van der Waals surface area contributed by atoms with E-state index in [1.54, 1.807) is 19.0 Å². The Labute approximate surface area is 201 Å². The smallest absolute Gasteiger partial charge is 0.253 e. The molecule has 1 heterocycles. The summed E-state index contributed by atoms with van der Waals surface area (Å²) in [4.78, 5) is 22.9. The lowest BCUT2D eigenvalue weighted by molar-refractivity contribution is 0.0827. The molecule has 0 aliphatic heterocycles. The van der Waals surface area contributed by atoms with Crippen molar-refractivity contribution in [2.45, 2.75) is 26.9 Å². The van der Waals surface area contributed by atoms with Crippen molar-refractivity contribution < 1.29 is 4.79 Å². The summed E-state index contributed by atoms with van der Waals surface area (Å²) in [6.07, 6.45) is 0. The van der Waals surface area contributed by atoms with Gasteiger partial charge in [-0.15, -0.1) is 24.0 Å². The lowest BCUT2D eigenvalue weighted by atomic mass is 10.1. The molecule has 7 nitrogen and oxygen atoms in total. The van der Waals surface area contributed by atoms with Gasteiger partial charge in [0, 0.05) is 39.3 Å². The van der Waals surface area contributed by atoms with Crippen LogP contribution in [0.2, 0.25) is 0 Å². The molecule has 31 heavy (non-hydrogen) atoms. The van der Waals surface area contributed by atoms with Gasteiger partial charge >= 0.3 is 0 Å². The second kappa shape index (κ2) is 11.7. The fourth-order valence-corrected chi connectivity index (χ4v) is 3.29. The van der Waals surface area contributed by atoms with Crippen LogP contribution in [0.25, 0.3) is 11.0 Å². The second-order valence-electron chi connectivity index (χ2n) is 7.32. The van der Waals surface area contributed by atoms with Crippen molar-refractivity contribution in [2.24, 2.45) is 4.99 Å². The molecule has 0 aliphatic rings. The number of aliphatic imine (C=N–C) groups is 1. The van der Waals surface area contributed by atoms with E-state index in [-0.39, 0.29) is 29.9 Å². The summed E-state index contributed by atoms with van der Waals surface area (Å²) in [5, 5.41) is 6.68. The van der Waals surface area contributed by atoms with Crippen LogP contribution in [0.1, 0.15) is 28.7 Å². The van der Waals surface area contributed by atoms with Crippen LogP contribution in [0, 0.1) is 6.92 Å². The molecule has 0 aliphatic carbocycles. The number of fused-ring (bicyclic) bond motifs is 1. The van der Waals surface area contributed by atoms with Gasteiger partial charge in [-0.2, -0.15) is 0 Å². The van der Waals surface area contributed by atoms with Gasteiger partial charge in [-0.3, -0.25) is 4.79 Å². The molecular weight excluding hydrogens is 503 g/mol. The summed E-state index contributed by atoms with van der Waals surface area (Å²) in [7, 11) is 3.51. The number of aryl methyl sites for hydroxylation is 1. The molecule has 1 aromatic heterocycles. The zero-order valence-electron chi connectivity index (χ0n) is 18.6. The second-order valence-corrected chi connectivity index (χ2v) is 7.32. The Hall–Kier alpha value is -2.62. The molecule has 1 amide bonds. The molecular formula is C23H31IN6O. The number of amides is 1. The van der Waals surface area contributed by atoms with E-state index in [4.69, 9.17) is 0 Å². The normalized spacial score (nSPS) is 11.2. The highest BCUT2D eigenvalue weighted by Gasteiger charge is 2.08. The van der Waals surface area contributed by atoms with Crippen molar-refractivity contribution in [1.82, 2.24) is 25.1 Å². The van der Waals surface area contributed by atoms with Gasteiger partial charge < -0.3 is 20.1 Å². The minimum atomic E-state index is 0. The maximum Gasteiger partial charge on any atom is 0.253 e. The number of carbonyl (C=O) groups is 1. The van der Waals surface area contributed by atoms with Crippen molar-refractivity contribution in [3.8, 4) is 0 Å².